The Kier molecular flexibility index (Phi) is 3.69. The number of anilines is 1. The molecule has 98 valence electrons. The molecule has 0 bridgehead atoms. The van der Waals surface area contributed by atoms with Gasteiger partial charge in [-0.25, -0.2) is 9.18 Å². The molecular weight excluding hydrogens is 237 g/mol. The Morgan fingerprint density at radius 3 is 2.72 bits per heavy atom. The van der Waals surface area contributed by atoms with E-state index in [4.69, 9.17) is 15.6 Å². The second-order valence-electron chi connectivity index (χ2n) is 4.64. The average molecular weight is 253 g/mol. The van der Waals surface area contributed by atoms with E-state index in [1.165, 1.54) is 12.8 Å². The minimum atomic E-state index is -1.33. The van der Waals surface area contributed by atoms with Gasteiger partial charge in [0.15, 0.2) is 0 Å². The predicted molar refractivity (Wildman–Crippen MR) is 65.2 cm³/mol. The lowest BCUT2D eigenvalue weighted by molar-refractivity contribution is 0.0692. The molecule has 1 fully saturated rings. The summed E-state index contributed by atoms with van der Waals surface area (Å²) in [5.41, 5.74) is 5.39. The molecule has 4 nitrogen and oxygen atoms in total. The molecule has 1 aromatic carbocycles. The summed E-state index contributed by atoms with van der Waals surface area (Å²) in [4.78, 5) is 10.7. The molecule has 1 saturated carbocycles. The number of ether oxygens (including phenoxy) is 1. The van der Waals surface area contributed by atoms with E-state index in [2.05, 4.69) is 0 Å². The number of hydrogen-bond acceptors (Lipinski definition) is 3. The van der Waals surface area contributed by atoms with E-state index in [0.717, 1.165) is 25.0 Å². The van der Waals surface area contributed by atoms with Crippen LogP contribution in [-0.4, -0.2) is 17.7 Å². The van der Waals surface area contributed by atoms with Gasteiger partial charge < -0.3 is 15.6 Å². The predicted octanol–water partition coefficient (Wildman–Crippen LogP) is 2.68. The summed E-state index contributed by atoms with van der Waals surface area (Å²) in [6.07, 6.45) is 4.65. The molecule has 3 N–H and O–H groups in total. The summed E-state index contributed by atoms with van der Waals surface area (Å²) in [5.74, 6) is -1.43. The zero-order chi connectivity index (χ0) is 13.1. The number of carboxylic acids is 1. The van der Waals surface area contributed by atoms with Gasteiger partial charge in [-0.05, 0) is 24.8 Å². The number of hydrogen-bond donors (Lipinski definition) is 2. The molecule has 1 aliphatic carbocycles. The molecule has 0 radical (unpaired) electrons. The van der Waals surface area contributed by atoms with Crippen LogP contribution in [-0.2, 0) is 0 Å². The Balaban J connectivity index is 2.08. The first-order valence-electron chi connectivity index (χ1n) is 6.03. The highest BCUT2D eigenvalue weighted by Crippen LogP contribution is 2.29. The first-order chi connectivity index (χ1) is 8.58. The van der Waals surface area contributed by atoms with E-state index in [0.29, 0.717) is 12.5 Å². The van der Waals surface area contributed by atoms with Crippen molar-refractivity contribution in [1.29, 1.82) is 0 Å². The Bertz CT molecular complexity index is 456. The molecule has 0 aromatic heterocycles. The van der Waals surface area contributed by atoms with Crippen LogP contribution in [0.2, 0.25) is 0 Å². The monoisotopic (exact) mass is 253 g/mol. The van der Waals surface area contributed by atoms with E-state index in [-0.39, 0.29) is 11.4 Å². The van der Waals surface area contributed by atoms with Gasteiger partial charge >= 0.3 is 5.97 Å². The first kappa shape index (κ1) is 12.7. The lowest BCUT2D eigenvalue weighted by Gasteiger charge is -2.13. The summed E-state index contributed by atoms with van der Waals surface area (Å²) in [5, 5.41) is 8.75. The summed E-state index contributed by atoms with van der Waals surface area (Å²) < 4.78 is 18.9. The molecule has 5 heteroatoms. The van der Waals surface area contributed by atoms with E-state index in [9.17, 15) is 9.18 Å². The third-order valence-corrected chi connectivity index (χ3v) is 3.28. The van der Waals surface area contributed by atoms with Crippen molar-refractivity contribution in [3.63, 3.8) is 0 Å². The molecule has 18 heavy (non-hydrogen) atoms. The van der Waals surface area contributed by atoms with Crippen LogP contribution in [0.3, 0.4) is 0 Å². The standard InChI is InChI=1S/C13H16FNO3/c14-10-6-12(11(15)5-9(10)13(16)17)18-7-8-3-1-2-4-8/h5-6,8H,1-4,7,15H2,(H,16,17). The van der Waals surface area contributed by atoms with Gasteiger partial charge in [-0.2, -0.15) is 0 Å². The maximum atomic E-state index is 13.5. The van der Waals surface area contributed by atoms with Crippen LogP contribution >= 0.6 is 0 Å². The van der Waals surface area contributed by atoms with E-state index < -0.39 is 17.3 Å². The Morgan fingerprint density at radius 1 is 1.44 bits per heavy atom. The fourth-order valence-corrected chi connectivity index (χ4v) is 2.25. The fourth-order valence-electron chi connectivity index (χ4n) is 2.25. The third-order valence-electron chi connectivity index (χ3n) is 3.28. The van der Waals surface area contributed by atoms with Crippen molar-refractivity contribution < 1.29 is 19.0 Å². The normalized spacial score (nSPS) is 15.8. The molecular formula is C13H16FNO3. The summed E-state index contributed by atoms with van der Waals surface area (Å²) >= 11 is 0. The highest BCUT2D eigenvalue weighted by Gasteiger charge is 2.18. The van der Waals surface area contributed by atoms with Gasteiger partial charge in [0, 0.05) is 6.07 Å². The van der Waals surface area contributed by atoms with Crippen LogP contribution in [0.15, 0.2) is 12.1 Å². The molecule has 0 amide bonds. The minimum Gasteiger partial charge on any atom is -0.491 e. The highest BCUT2D eigenvalue weighted by atomic mass is 19.1. The van der Waals surface area contributed by atoms with Gasteiger partial charge in [0.2, 0.25) is 0 Å². The molecule has 1 aliphatic rings. The van der Waals surface area contributed by atoms with Crippen LogP contribution < -0.4 is 10.5 Å². The number of carboxylic acid groups (broad SMARTS) is 1. The Labute approximate surface area is 105 Å². The van der Waals surface area contributed by atoms with E-state index >= 15 is 0 Å². The van der Waals surface area contributed by atoms with Crippen molar-refractivity contribution >= 4 is 11.7 Å². The zero-order valence-electron chi connectivity index (χ0n) is 9.99. The van der Waals surface area contributed by atoms with Crippen LogP contribution in [0.5, 0.6) is 5.75 Å². The van der Waals surface area contributed by atoms with Crippen LogP contribution in [0.25, 0.3) is 0 Å². The summed E-state index contributed by atoms with van der Waals surface area (Å²) in [6.45, 7) is 0.510. The number of nitrogens with two attached hydrogens (primary N) is 1. The lowest BCUT2D eigenvalue weighted by Crippen LogP contribution is -2.10. The number of aromatic carboxylic acids is 1. The van der Waals surface area contributed by atoms with Crippen molar-refractivity contribution in [3.8, 4) is 5.75 Å². The molecule has 0 heterocycles. The van der Waals surface area contributed by atoms with Crippen molar-refractivity contribution in [2.24, 2.45) is 5.92 Å². The lowest BCUT2D eigenvalue weighted by atomic mass is 10.1. The Hall–Kier alpha value is -1.78. The number of carbonyl (C=O) groups is 1. The number of benzene rings is 1. The third kappa shape index (κ3) is 2.72. The van der Waals surface area contributed by atoms with Crippen molar-refractivity contribution in [2.75, 3.05) is 12.3 Å². The van der Waals surface area contributed by atoms with Gasteiger partial charge in [-0.1, -0.05) is 12.8 Å². The first-order valence-corrected chi connectivity index (χ1v) is 6.03. The quantitative estimate of drug-likeness (QED) is 0.809. The van der Waals surface area contributed by atoms with E-state index in [1.807, 2.05) is 0 Å². The van der Waals surface area contributed by atoms with Crippen LogP contribution in [0.4, 0.5) is 10.1 Å². The molecule has 0 aliphatic heterocycles. The van der Waals surface area contributed by atoms with Gasteiger partial charge in [0.1, 0.15) is 11.6 Å². The maximum absolute atomic E-state index is 13.5. The van der Waals surface area contributed by atoms with Gasteiger partial charge in [-0.15, -0.1) is 0 Å². The van der Waals surface area contributed by atoms with Crippen molar-refractivity contribution in [3.05, 3.63) is 23.5 Å². The molecule has 0 saturated heterocycles. The topological polar surface area (TPSA) is 72.6 Å². The summed E-state index contributed by atoms with van der Waals surface area (Å²) in [6, 6.07) is 2.15. The molecule has 1 aromatic rings. The van der Waals surface area contributed by atoms with Gasteiger partial charge in [-0.3, -0.25) is 0 Å². The van der Waals surface area contributed by atoms with E-state index in [1.54, 1.807) is 0 Å². The molecule has 0 spiro atoms. The second-order valence-corrected chi connectivity index (χ2v) is 4.64. The largest absolute Gasteiger partial charge is 0.491 e. The van der Waals surface area contributed by atoms with Crippen molar-refractivity contribution in [2.45, 2.75) is 25.7 Å². The minimum absolute atomic E-state index is 0.159. The van der Waals surface area contributed by atoms with Crippen LogP contribution in [0, 0.1) is 11.7 Å². The highest BCUT2D eigenvalue weighted by molar-refractivity contribution is 5.89. The molecule has 2 rings (SSSR count). The molecule has 0 unspecified atom stereocenters. The average Bonchev–Trinajstić information content (AvgIpc) is 2.82. The van der Waals surface area contributed by atoms with Gasteiger partial charge in [0.25, 0.3) is 0 Å². The number of rotatable bonds is 4. The maximum Gasteiger partial charge on any atom is 0.338 e. The SMILES string of the molecule is Nc1cc(C(=O)O)c(F)cc1OCC1CCCC1. The number of halogens is 1. The van der Waals surface area contributed by atoms with Crippen LogP contribution in [0.1, 0.15) is 36.0 Å². The van der Waals surface area contributed by atoms with Gasteiger partial charge in [0.05, 0.1) is 17.9 Å². The second kappa shape index (κ2) is 5.25. The fraction of sp³-hybridized carbons (Fsp3) is 0.462. The summed E-state index contributed by atoms with van der Waals surface area (Å²) in [7, 11) is 0. The van der Waals surface area contributed by atoms with Crippen molar-refractivity contribution in [1.82, 2.24) is 0 Å². The molecule has 0 atom stereocenters. The Morgan fingerprint density at radius 2 is 2.11 bits per heavy atom. The smallest absolute Gasteiger partial charge is 0.338 e. The zero-order valence-corrected chi connectivity index (χ0v) is 9.99. The number of nitrogen functional groups attached to an aromatic ring is 1.